The van der Waals surface area contributed by atoms with Crippen molar-refractivity contribution in [3.8, 4) is 17.0 Å². The Morgan fingerprint density at radius 3 is 2.16 bits per heavy atom. The molecule has 2 aromatic carbocycles. The lowest BCUT2D eigenvalue weighted by molar-refractivity contribution is -0.136. The number of ether oxygens (including phenoxy) is 1. The van der Waals surface area contributed by atoms with E-state index in [1.165, 1.54) is 13.2 Å². The van der Waals surface area contributed by atoms with Gasteiger partial charge in [0.05, 0.1) is 18.4 Å². The van der Waals surface area contributed by atoms with Crippen molar-refractivity contribution >= 4 is 35.9 Å². The Balaban J connectivity index is 1.83. The molecule has 0 saturated heterocycles. The van der Waals surface area contributed by atoms with E-state index in [-0.39, 0.29) is 28.1 Å². The van der Waals surface area contributed by atoms with E-state index in [9.17, 15) is 21.8 Å². The summed E-state index contributed by atoms with van der Waals surface area (Å²) in [5.74, 6) is -0.0534. The number of fused-ring (bicyclic) bond motifs is 1. The molecule has 2 aromatic heterocycles. The largest absolute Gasteiger partial charge is 0.797 e. The van der Waals surface area contributed by atoms with Crippen molar-refractivity contribution in [1.29, 1.82) is 0 Å². The number of alkyl halides is 3. The van der Waals surface area contributed by atoms with Crippen LogP contribution in [0.4, 0.5) is 33.3 Å². The third-order valence-corrected chi connectivity index (χ3v) is 5.40. The molecule has 0 saturated carbocycles. The molecule has 0 fully saturated rings. The Morgan fingerprint density at radius 1 is 0.919 bits per heavy atom. The van der Waals surface area contributed by atoms with E-state index >= 15 is 0 Å². The van der Waals surface area contributed by atoms with Gasteiger partial charge < -0.3 is 14.3 Å². The zero-order valence-electron chi connectivity index (χ0n) is 19.9. The van der Waals surface area contributed by atoms with Gasteiger partial charge in [-0.3, -0.25) is 0 Å². The molecule has 0 spiro atoms. The summed E-state index contributed by atoms with van der Waals surface area (Å²) in [4.78, 5) is 14.3. The molecule has 0 bridgehead atoms. The number of aromatic nitrogens is 2. The van der Waals surface area contributed by atoms with E-state index in [2.05, 4.69) is 19.6 Å². The Labute approximate surface area is 209 Å². The summed E-state index contributed by atoms with van der Waals surface area (Å²) in [6.45, 7) is 0. The van der Waals surface area contributed by atoms with Crippen molar-refractivity contribution in [3.05, 3.63) is 77.9 Å². The smallest absolute Gasteiger partial charge is 0.497 e. The molecular formula is C25H20BF5N4O2. The van der Waals surface area contributed by atoms with Crippen molar-refractivity contribution in [2.75, 3.05) is 26.1 Å². The van der Waals surface area contributed by atoms with Crippen LogP contribution >= 0.6 is 0 Å². The van der Waals surface area contributed by atoms with Crippen molar-refractivity contribution in [2.24, 2.45) is 4.99 Å². The minimum Gasteiger partial charge on any atom is -0.497 e. The molecule has 4 aromatic rings. The maximum Gasteiger partial charge on any atom is 0.797 e. The van der Waals surface area contributed by atoms with Gasteiger partial charge in [-0.15, -0.1) is 0 Å². The number of anilines is 1. The van der Waals surface area contributed by atoms with E-state index in [4.69, 9.17) is 4.74 Å². The maximum absolute atomic E-state index is 13.9. The van der Waals surface area contributed by atoms with Crippen LogP contribution < -0.4 is 9.64 Å². The first kappa shape index (κ1) is 25.9. The molecule has 0 unspecified atom stereocenters. The van der Waals surface area contributed by atoms with E-state index < -0.39 is 25.1 Å². The molecule has 6 nitrogen and oxygen atoms in total. The molecule has 4 rings (SSSR count). The number of nitrogens with zero attached hydrogens (tertiary/aromatic N) is 4. The third-order valence-electron chi connectivity index (χ3n) is 5.40. The van der Waals surface area contributed by atoms with Crippen LogP contribution in [-0.2, 0) is 10.8 Å². The zero-order chi connectivity index (χ0) is 26.7. The molecule has 0 aliphatic carbocycles. The number of benzene rings is 2. The van der Waals surface area contributed by atoms with Crippen LogP contribution in [0.2, 0.25) is 0 Å². The first-order valence-corrected chi connectivity index (χ1v) is 10.9. The average Bonchev–Trinajstić information content (AvgIpc) is 2.86. The minimum absolute atomic E-state index is 0.0273. The van der Waals surface area contributed by atoms with E-state index in [1.807, 2.05) is 19.0 Å². The predicted molar refractivity (Wildman–Crippen MR) is 133 cm³/mol. The number of hydrogen-bond acceptors (Lipinski definition) is 6. The van der Waals surface area contributed by atoms with Crippen LogP contribution in [-0.4, -0.2) is 44.5 Å². The fourth-order valence-corrected chi connectivity index (χ4v) is 3.55. The number of aliphatic imine (C=N–C) groups is 1. The number of pyridine rings is 2. The predicted octanol–water partition coefficient (Wildman–Crippen LogP) is 6.41. The molecule has 0 aliphatic rings. The number of methoxy groups -OCH3 is 1. The highest BCUT2D eigenvalue weighted by molar-refractivity contribution is 6.38. The van der Waals surface area contributed by atoms with Gasteiger partial charge in [0.2, 0.25) is 5.90 Å². The Morgan fingerprint density at radius 2 is 1.59 bits per heavy atom. The van der Waals surface area contributed by atoms with Gasteiger partial charge in [-0.05, 0) is 66.7 Å². The van der Waals surface area contributed by atoms with Crippen molar-refractivity contribution < 1.29 is 31.2 Å². The average molecular weight is 514 g/mol. The lowest BCUT2D eigenvalue weighted by atomic mass is 10.1. The molecule has 190 valence electrons. The summed E-state index contributed by atoms with van der Waals surface area (Å²) in [7, 11) is 1.94. The number of halogens is 5. The van der Waals surface area contributed by atoms with Crippen LogP contribution in [0.1, 0.15) is 11.1 Å². The van der Waals surface area contributed by atoms with E-state index in [0.717, 1.165) is 17.8 Å². The molecule has 0 N–H and O–H groups in total. The fourth-order valence-electron chi connectivity index (χ4n) is 3.55. The van der Waals surface area contributed by atoms with Gasteiger partial charge in [0.25, 0.3) is 0 Å². The van der Waals surface area contributed by atoms with Crippen molar-refractivity contribution in [1.82, 2.24) is 9.97 Å². The number of hydrogen-bond donors (Lipinski definition) is 0. The third kappa shape index (κ3) is 5.96. The van der Waals surface area contributed by atoms with E-state index in [1.54, 1.807) is 48.5 Å². The summed E-state index contributed by atoms with van der Waals surface area (Å²) in [6, 6.07) is 16.1. The molecular weight excluding hydrogens is 494 g/mol. The molecule has 0 aliphatic heterocycles. The Hall–Kier alpha value is -4.22. The summed E-state index contributed by atoms with van der Waals surface area (Å²) in [5.41, 5.74) is 0.310. The van der Waals surface area contributed by atoms with Crippen molar-refractivity contribution in [2.45, 2.75) is 6.18 Å². The zero-order valence-corrected chi connectivity index (χ0v) is 19.9. The Bertz CT molecular complexity index is 1430. The fraction of sp³-hybridized carbons (Fsp3) is 0.160. The lowest BCUT2D eigenvalue weighted by Crippen LogP contribution is -2.15. The molecule has 0 atom stereocenters. The second kappa shape index (κ2) is 10.4. The van der Waals surface area contributed by atoms with Crippen LogP contribution in [0, 0.1) is 0 Å². The molecule has 0 radical (unpaired) electrons. The second-order valence-corrected chi connectivity index (χ2v) is 8.06. The first-order chi connectivity index (χ1) is 17.5. The molecule has 0 amide bonds. The maximum atomic E-state index is 13.9. The molecule has 12 heteroatoms. The van der Waals surface area contributed by atoms with Gasteiger partial charge in [-0.2, -0.15) is 18.2 Å². The summed E-state index contributed by atoms with van der Waals surface area (Å²) < 4.78 is 77.6. The van der Waals surface area contributed by atoms with Gasteiger partial charge >= 0.3 is 13.6 Å². The van der Waals surface area contributed by atoms with Gasteiger partial charge in [0, 0.05) is 36.3 Å². The SMILES string of the molecule is COc1ccc(-c2cc(C(F)(F)F)c3ccc(N=C(OB(F)F)c4ccc(N(C)C)cc4)nc3n2)cc1. The normalized spacial score (nSPS) is 11.9. The quantitative estimate of drug-likeness (QED) is 0.129. The Kier molecular flexibility index (Phi) is 7.28. The highest BCUT2D eigenvalue weighted by atomic mass is 19.4. The van der Waals surface area contributed by atoms with Gasteiger partial charge in [-0.25, -0.2) is 18.6 Å². The van der Waals surface area contributed by atoms with Gasteiger partial charge in [-0.1, -0.05) is 0 Å². The van der Waals surface area contributed by atoms with Gasteiger partial charge in [0.1, 0.15) is 5.75 Å². The van der Waals surface area contributed by atoms with E-state index in [0.29, 0.717) is 11.3 Å². The van der Waals surface area contributed by atoms with Crippen molar-refractivity contribution in [3.63, 3.8) is 0 Å². The first-order valence-electron chi connectivity index (χ1n) is 10.9. The van der Waals surface area contributed by atoms with Crippen LogP contribution in [0.15, 0.2) is 71.7 Å². The highest BCUT2D eigenvalue weighted by Crippen LogP contribution is 2.37. The topological polar surface area (TPSA) is 59.8 Å². The minimum atomic E-state index is -4.69. The monoisotopic (exact) mass is 514 g/mol. The molecule has 37 heavy (non-hydrogen) atoms. The summed E-state index contributed by atoms with van der Waals surface area (Å²) in [6.07, 6.45) is -4.69. The van der Waals surface area contributed by atoms with Gasteiger partial charge in [0.15, 0.2) is 11.5 Å². The molecule has 2 heterocycles. The summed E-state index contributed by atoms with van der Waals surface area (Å²) in [5, 5.41) is -0.254. The van der Waals surface area contributed by atoms with Crippen LogP contribution in [0.5, 0.6) is 5.75 Å². The summed E-state index contributed by atoms with van der Waals surface area (Å²) >= 11 is 0. The number of rotatable bonds is 6. The van der Waals surface area contributed by atoms with Crippen LogP contribution in [0.25, 0.3) is 22.3 Å². The highest BCUT2D eigenvalue weighted by Gasteiger charge is 2.34. The van der Waals surface area contributed by atoms with Crippen LogP contribution in [0.3, 0.4) is 0 Å². The standard InChI is InChI=1S/C25H20BF5N4O2/c1-35(2)17-8-4-16(5-9-17)24(37-26(30)31)34-22-13-12-19-20(25(27,28)29)14-21(32-23(19)33-22)15-6-10-18(36-3)11-7-15/h4-14H,1-3H3. The second-order valence-electron chi connectivity index (χ2n) is 8.06. The lowest BCUT2D eigenvalue weighted by Gasteiger charge is -2.14.